The van der Waals surface area contributed by atoms with Crippen LogP contribution >= 0.6 is 0 Å². The highest BCUT2D eigenvalue weighted by atomic mass is 19.1. The SMILES string of the molecule is COc1ccc(F)cc1C(NN)C1C(C)(C)C1(C)C. The van der Waals surface area contributed by atoms with E-state index in [0.29, 0.717) is 11.7 Å². The highest BCUT2D eigenvalue weighted by Crippen LogP contribution is 2.72. The Morgan fingerprint density at radius 2 is 1.84 bits per heavy atom. The van der Waals surface area contributed by atoms with Crippen LogP contribution in [0.15, 0.2) is 18.2 Å². The maximum absolute atomic E-state index is 13.5. The Hall–Kier alpha value is -1.13. The number of hydrazine groups is 1. The van der Waals surface area contributed by atoms with E-state index in [4.69, 9.17) is 10.6 Å². The summed E-state index contributed by atoms with van der Waals surface area (Å²) in [7, 11) is 1.59. The zero-order chi connectivity index (χ0) is 14.4. The van der Waals surface area contributed by atoms with Crippen LogP contribution in [0, 0.1) is 22.6 Å². The molecule has 1 aromatic carbocycles. The number of nitrogens with two attached hydrogens (primary N) is 1. The summed E-state index contributed by atoms with van der Waals surface area (Å²) < 4.78 is 18.9. The van der Waals surface area contributed by atoms with Crippen LogP contribution in [-0.2, 0) is 0 Å². The fourth-order valence-corrected chi connectivity index (χ4v) is 3.39. The lowest BCUT2D eigenvalue weighted by molar-refractivity contribution is 0.371. The number of nitrogens with one attached hydrogen (secondary N) is 1. The predicted molar refractivity (Wildman–Crippen MR) is 74.1 cm³/mol. The van der Waals surface area contributed by atoms with Crippen molar-refractivity contribution in [3.05, 3.63) is 29.6 Å². The Balaban J connectivity index is 2.42. The first-order valence-electron chi connectivity index (χ1n) is 6.57. The lowest BCUT2D eigenvalue weighted by Crippen LogP contribution is -2.31. The monoisotopic (exact) mass is 266 g/mol. The van der Waals surface area contributed by atoms with Crippen molar-refractivity contribution in [1.29, 1.82) is 0 Å². The van der Waals surface area contributed by atoms with Gasteiger partial charge in [-0.25, -0.2) is 4.39 Å². The Labute approximate surface area is 114 Å². The van der Waals surface area contributed by atoms with Gasteiger partial charge in [-0.3, -0.25) is 11.3 Å². The summed E-state index contributed by atoms with van der Waals surface area (Å²) in [5, 5.41) is 0. The first kappa shape index (κ1) is 14.3. The van der Waals surface area contributed by atoms with E-state index in [9.17, 15) is 4.39 Å². The summed E-state index contributed by atoms with van der Waals surface area (Å²) in [6, 6.07) is 4.44. The molecule has 0 bridgehead atoms. The van der Waals surface area contributed by atoms with Gasteiger partial charge in [-0.15, -0.1) is 0 Å². The molecule has 19 heavy (non-hydrogen) atoms. The van der Waals surface area contributed by atoms with Crippen molar-refractivity contribution in [2.45, 2.75) is 33.7 Å². The van der Waals surface area contributed by atoms with Gasteiger partial charge in [-0.05, 0) is 34.9 Å². The molecule has 1 fully saturated rings. The zero-order valence-corrected chi connectivity index (χ0v) is 12.3. The van der Waals surface area contributed by atoms with E-state index in [1.807, 2.05) is 0 Å². The lowest BCUT2D eigenvalue weighted by atomic mass is 9.96. The minimum Gasteiger partial charge on any atom is -0.496 e. The van der Waals surface area contributed by atoms with Crippen LogP contribution in [-0.4, -0.2) is 7.11 Å². The van der Waals surface area contributed by atoms with Gasteiger partial charge in [-0.2, -0.15) is 0 Å². The van der Waals surface area contributed by atoms with Gasteiger partial charge in [0.1, 0.15) is 11.6 Å². The van der Waals surface area contributed by atoms with Gasteiger partial charge in [0.25, 0.3) is 0 Å². The van der Waals surface area contributed by atoms with Crippen LogP contribution in [0.5, 0.6) is 5.75 Å². The third kappa shape index (κ3) is 2.03. The van der Waals surface area contributed by atoms with Gasteiger partial charge in [-0.1, -0.05) is 27.7 Å². The molecular weight excluding hydrogens is 243 g/mol. The minimum atomic E-state index is -0.271. The number of methoxy groups -OCH3 is 1. The van der Waals surface area contributed by atoms with Crippen molar-refractivity contribution in [3.63, 3.8) is 0 Å². The van der Waals surface area contributed by atoms with E-state index in [1.165, 1.54) is 12.1 Å². The summed E-state index contributed by atoms with van der Waals surface area (Å²) in [5.41, 5.74) is 3.94. The largest absolute Gasteiger partial charge is 0.496 e. The van der Waals surface area contributed by atoms with Gasteiger partial charge in [0, 0.05) is 5.56 Å². The number of ether oxygens (including phenoxy) is 1. The molecule has 0 aliphatic heterocycles. The molecule has 0 radical (unpaired) electrons. The summed E-state index contributed by atoms with van der Waals surface area (Å²) in [5.74, 6) is 6.47. The van der Waals surface area contributed by atoms with Gasteiger partial charge in [0.15, 0.2) is 0 Å². The normalized spacial score (nSPS) is 22.1. The molecule has 0 spiro atoms. The standard InChI is InChI=1S/C15H23FN2O/c1-14(2)13(15(14,3)4)12(18-17)10-8-9(16)6-7-11(10)19-5/h6-8,12-13,18H,17H2,1-5H3. The summed E-state index contributed by atoms with van der Waals surface area (Å²) >= 11 is 0. The van der Waals surface area contributed by atoms with Crippen molar-refractivity contribution in [1.82, 2.24) is 5.43 Å². The third-order valence-electron chi connectivity index (χ3n) is 5.17. The fraction of sp³-hybridized carbons (Fsp3) is 0.600. The molecule has 4 heteroatoms. The fourth-order valence-electron chi connectivity index (χ4n) is 3.39. The Morgan fingerprint density at radius 3 is 2.26 bits per heavy atom. The molecule has 3 N–H and O–H groups in total. The average Bonchev–Trinajstić information content (AvgIpc) is 2.73. The van der Waals surface area contributed by atoms with Crippen molar-refractivity contribution in [3.8, 4) is 5.75 Å². The van der Waals surface area contributed by atoms with Crippen LogP contribution in [0.2, 0.25) is 0 Å². The second-order valence-corrected chi connectivity index (χ2v) is 6.45. The summed E-state index contributed by atoms with van der Waals surface area (Å²) in [6.45, 7) is 8.86. The van der Waals surface area contributed by atoms with E-state index < -0.39 is 0 Å². The second kappa shape index (κ2) is 4.46. The molecule has 0 saturated heterocycles. The van der Waals surface area contributed by atoms with Crippen LogP contribution in [0.3, 0.4) is 0 Å². The van der Waals surface area contributed by atoms with Crippen molar-refractivity contribution in [2.75, 3.05) is 7.11 Å². The van der Waals surface area contributed by atoms with Gasteiger partial charge >= 0.3 is 0 Å². The maximum Gasteiger partial charge on any atom is 0.123 e. The molecule has 0 aromatic heterocycles. The molecule has 0 heterocycles. The Bertz CT molecular complexity index is 471. The Morgan fingerprint density at radius 1 is 1.26 bits per heavy atom. The molecule has 3 nitrogen and oxygen atoms in total. The van der Waals surface area contributed by atoms with Gasteiger partial charge in [0.2, 0.25) is 0 Å². The van der Waals surface area contributed by atoms with Crippen molar-refractivity contribution >= 4 is 0 Å². The number of hydrogen-bond donors (Lipinski definition) is 2. The summed E-state index contributed by atoms with van der Waals surface area (Å²) in [6.07, 6.45) is 0. The molecule has 1 unspecified atom stereocenters. The molecule has 1 aliphatic rings. The topological polar surface area (TPSA) is 47.3 Å². The lowest BCUT2D eigenvalue weighted by Gasteiger charge is -2.21. The second-order valence-electron chi connectivity index (χ2n) is 6.45. The number of halogens is 1. The average molecular weight is 266 g/mol. The van der Waals surface area contributed by atoms with Crippen LogP contribution < -0.4 is 16.0 Å². The van der Waals surface area contributed by atoms with Crippen LogP contribution in [0.25, 0.3) is 0 Å². The van der Waals surface area contributed by atoms with E-state index >= 15 is 0 Å². The Kier molecular flexibility index (Phi) is 3.35. The molecule has 106 valence electrons. The van der Waals surface area contributed by atoms with E-state index in [0.717, 1.165) is 5.56 Å². The molecule has 1 aliphatic carbocycles. The number of benzene rings is 1. The smallest absolute Gasteiger partial charge is 0.123 e. The molecule has 1 saturated carbocycles. The maximum atomic E-state index is 13.5. The molecule has 1 atom stereocenters. The molecule has 2 rings (SSSR count). The number of hydrogen-bond acceptors (Lipinski definition) is 3. The zero-order valence-electron chi connectivity index (χ0n) is 12.3. The first-order valence-corrected chi connectivity index (χ1v) is 6.57. The molecule has 1 aromatic rings. The highest BCUT2D eigenvalue weighted by molar-refractivity contribution is 5.39. The third-order valence-corrected chi connectivity index (χ3v) is 5.17. The van der Waals surface area contributed by atoms with Gasteiger partial charge < -0.3 is 4.74 Å². The van der Waals surface area contributed by atoms with Crippen molar-refractivity contribution in [2.24, 2.45) is 22.6 Å². The molecule has 0 amide bonds. The van der Waals surface area contributed by atoms with E-state index in [2.05, 4.69) is 33.1 Å². The predicted octanol–water partition coefficient (Wildman–Crippen LogP) is 3.02. The van der Waals surface area contributed by atoms with E-state index in [1.54, 1.807) is 13.2 Å². The minimum absolute atomic E-state index is 0.115. The first-order chi connectivity index (χ1) is 8.77. The quantitative estimate of drug-likeness (QED) is 0.650. The number of rotatable bonds is 4. The van der Waals surface area contributed by atoms with Crippen LogP contribution in [0.4, 0.5) is 4.39 Å². The molecular formula is C15H23FN2O. The summed E-state index contributed by atoms with van der Waals surface area (Å²) in [4.78, 5) is 0. The van der Waals surface area contributed by atoms with Crippen molar-refractivity contribution < 1.29 is 9.13 Å². The van der Waals surface area contributed by atoms with Crippen LogP contribution in [0.1, 0.15) is 39.3 Å². The van der Waals surface area contributed by atoms with Gasteiger partial charge in [0.05, 0.1) is 13.2 Å². The van der Waals surface area contributed by atoms with E-state index in [-0.39, 0.29) is 22.7 Å². The highest BCUT2D eigenvalue weighted by Gasteiger charge is 2.67.